The molecular weight excluding hydrogens is 304 g/mol. The molecular formula is C19H22N2O3. The Balaban J connectivity index is 1.67. The lowest BCUT2D eigenvalue weighted by Gasteiger charge is -2.46. The fourth-order valence-corrected chi connectivity index (χ4v) is 2.95. The summed E-state index contributed by atoms with van der Waals surface area (Å²) in [6.45, 7) is 2.67. The van der Waals surface area contributed by atoms with Crippen molar-refractivity contribution < 1.29 is 14.3 Å². The maximum absolute atomic E-state index is 12.3. The third kappa shape index (κ3) is 3.02. The van der Waals surface area contributed by atoms with Crippen LogP contribution in [0.15, 0.2) is 48.5 Å². The molecule has 0 spiro atoms. The fraction of sp³-hybridized carbons (Fsp3) is 0.316. The minimum atomic E-state index is 0.0119. The number of hydrogen-bond donors (Lipinski definition) is 1. The third-order valence-corrected chi connectivity index (χ3v) is 4.49. The SMILES string of the molecule is COc1ccc(NCC2C(C)C(=O)N2c2ccc(OC)cc2)cc1. The van der Waals surface area contributed by atoms with Crippen LogP contribution in [0, 0.1) is 5.92 Å². The first kappa shape index (κ1) is 16.2. The van der Waals surface area contributed by atoms with Crippen LogP contribution in [-0.2, 0) is 4.79 Å². The van der Waals surface area contributed by atoms with Crippen LogP contribution in [0.1, 0.15) is 6.92 Å². The molecule has 1 aliphatic heterocycles. The summed E-state index contributed by atoms with van der Waals surface area (Å²) in [6.07, 6.45) is 0. The number of carbonyl (C=O) groups is 1. The Morgan fingerprint density at radius 1 is 0.958 bits per heavy atom. The van der Waals surface area contributed by atoms with Crippen molar-refractivity contribution in [2.24, 2.45) is 5.92 Å². The molecule has 1 saturated heterocycles. The summed E-state index contributed by atoms with van der Waals surface area (Å²) in [4.78, 5) is 14.1. The predicted octanol–water partition coefficient (Wildman–Crippen LogP) is 3.17. The molecule has 2 unspecified atom stereocenters. The van der Waals surface area contributed by atoms with Gasteiger partial charge in [-0.15, -0.1) is 0 Å². The van der Waals surface area contributed by atoms with Gasteiger partial charge in [-0.1, -0.05) is 6.92 Å². The molecule has 0 aromatic heterocycles. The van der Waals surface area contributed by atoms with Crippen molar-refractivity contribution in [2.75, 3.05) is 31.0 Å². The molecule has 5 nitrogen and oxygen atoms in total. The Morgan fingerprint density at radius 3 is 2.04 bits per heavy atom. The Labute approximate surface area is 142 Å². The van der Waals surface area contributed by atoms with Gasteiger partial charge in [-0.25, -0.2) is 0 Å². The highest BCUT2D eigenvalue weighted by Gasteiger charge is 2.44. The summed E-state index contributed by atoms with van der Waals surface area (Å²) in [5, 5.41) is 3.40. The van der Waals surface area contributed by atoms with Crippen molar-refractivity contribution in [3.05, 3.63) is 48.5 Å². The maximum Gasteiger partial charge on any atom is 0.232 e. The first-order valence-electron chi connectivity index (χ1n) is 7.99. The van der Waals surface area contributed by atoms with Crippen molar-refractivity contribution in [2.45, 2.75) is 13.0 Å². The van der Waals surface area contributed by atoms with E-state index in [1.807, 2.05) is 60.4 Å². The van der Waals surface area contributed by atoms with E-state index in [-0.39, 0.29) is 17.9 Å². The second kappa shape index (κ2) is 6.83. The molecule has 2 aromatic carbocycles. The quantitative estimate of drug-likeness (QED) is 0.829. The molecule has 1 fully saturated rings. The summed E-state index contributed by atoms with van der Waals surface area (Å²) in [6, 6.07) is 15.5. The van der Waals surface area contributed by atoms with E-state index in [1.165, 1.54) is 0 Å². The standard InChI is InChI=1S/C19H22N2O3/c1-13-18(12-20-14-4-8-16(23-2)9-5-14)21(19(13)22)15-6-10-17(24-3)11-7-15/h4-11,13,18,20H,12H2,1-3H3. The zero-order chi connectivity index (χ0) is 17.1. The zero-order valence-electron chi connectivity index (χ0n) is 14.2. The molecule has 1 N–H and O–H groups in total. The van der Waals surface area contributed by atoms with Gasteiger partial charge < -0.3 is 19.7 Å². The van der Waals surface area contributed by atoms with Crippen LogP contribution in [0.3, 0.4) is 0 Å². The first-order valence-corrected chi connectivity index (χ1v) is 7.99. The van der Waals surface area contributed by atoms with E-state index in [4.69, 9.17) is 9.47 Å². The molecule has 24 heavy (non-hydrogen) atoms. The molecule has 2 atom stereocenters. The van der Waals surface area contributed by atoms with Crippen LogP contribution in [0.25, 0.3) is 0 Å². The molecule has 0 radical (unpaired) electrons. The van der Waals surface area contributed by atoms with Crippen LogP contribution >= 0.6 is 0 Å². The number of hydrogen-bond acceptors (Lipinski definition) is 4. The highest BCUT2D eigenvalue weighted by molar-refractivity contribution is 6.02. The predicted molar refractivity (Wildman–Crippen MR) is 94.9 cm³/mol. The lowest BCUT2D eigenvalue weighted by Crippen LogP contribution is -2.62. The van der Waals surface area contributed by atoms with Gasteiger partial charge in [0.15, 0.2) is 0 Å². The number of rotatable bonds is 6. The van der Waals surface area contributed by atoms with E-state index in [1.54, 1.807) is 14.2 Å². The average Bonchev–Trinajstić information content (AvgIpc) is 2.65. The van der Waals surface area contributed by atoms with E-state index < -0.39 is 0 Å². The zero-order valence-corrected chi connectivity index (χ0v) is 14.2. The van der Waals surface area contributed by atoms with Gasteiger partial charge in [-0.3, -0.25) is 4.79 Å². The number of benzene rings is 2. The first-order chi connectivity index (χ1) is 11.6. The molecule has 0 aliphatic carbocycles. The van der Waals surface area contributed by atoms with Crippen molar-refractivity contribution in [1.82, 2.24) is 0 Å². The number of anilines is 2. The Morgan fingerprint density at radius 2 is 1.50 bits per heavy atom. The van der Waals surface area contributed by atoms with Gasteiger partial charge in [0, 0.05) is 17.9 Å². The van der Waals surface area contributed by atoms with Gasteiger partial charge >= 0.3 is 0 Å². The fourth-order valence-electron chi connectivity index (χ4n) is 2.95. The summed E-state index contributed by atoms with van der Waals surface area (Å²) in [7, 11) is 3.28. The molecule has 5 heteroatoms. The number of nitrogens with one attached hydrogen (secondary N) is 1. The highest BCUT2D eigenvalue weighted by Crippen LogP contribution is 2.33. The highest BCUT2D eigenvalue weighted by atomic mass is 16.5. The van der Waals surface area contributed by atoms with Crippen LogP contribution in [-0.4, -0.2) is 32.7 Å². The monoisotopic (exact) mass is 326 g/mol. The van der Waals surface area contributed by atoms with Gasteiger partial charge in [0.2, 0.25) is 5.91 Å². The van der Waals surface area contributed by atoms with E-state index in [0.717, 1.165) is 22.9 Å². The second-order valence-corrected chi connectivity index (χ2v) is 5.87. The molecule has 0 saturated carbocycles. The number of carbonyl (C=O) groups excluding carboxylic acids is 1. The van der Waals surface area contributed by atoms with Crippen LogP contribution < -0.4 is 19.7 Å². The Kier molecular flexibility index (Phi) is 4.60. The second-order valence-electron chi connectivity index (χ2n) is 5.87. The number of nitrogens with zero attached hydrogens (tertiary/aromatic N) is 1. The van der Waals surface area contributed by atoms with Gasteiger partial charge in [0.05, 0.1) is 26.2 Å². The molecule has 2 aromatic rings. The van der Waals surface area contributed by atoms with Crippen LogP contribution in [0.4, 0.5) is 11.4 Å². The Bertz CT molecular complexity index is 698. The molecule has 3 rings (SSSR count). The third-order valence-electron chi connectivity index (χ3n) is 4.49. The molecule has 0 bridgehead atoms. The summed E-state index contributed by atoms with van der Waals surface area (Å²) in [5.41, 5.74) is 1.91. The van der Waals surface area contributed by atoms with Gasteiger partial charge in [0.25, 0.3) is 0 Å². The van der Waals surface area contributed by atoms with Gasteiger partial charge in [0.1, 0.15) is 11.5 Å². The molecule has 1 aliphatic rings. The molecule has 1 heterocycles. The normalized spacial score (nSPS) is 19.6. The minimum Gasteiger partial charge on any atom is -0.497 e. The average molecular weight is 326 g/mol. The number of ether oxygens (including phenoxy) is 2. The summed E-state index contributed by atoms with van der Waals surface area (Å²) >= 11 is 0. The number of β-lactam (4-membered cyclic amide) rings is 1. The molecule has 126 valence electrons. The van der Waals surface area contributed by atoms with Crippen LogP contribution in [0.2, 0.25) is 0 Å². The smallest absolute Gasteiger partial charge is 0.232 e. The van der Waals surface area contributed by atoms with E-state index in [2.05, 4.69) is 5.32 Å². The van der Waals surface area contributed by atoms with Crippen LogP contribution in [0.5, 0.6) is 11.5 Å². The summed E-state index contributed by atoms with van der Waals surface area (Å²) in [5.74, 6) is 1.78. The Hall–Kier alpha value is -2.69. The van der Waals surface area contributed by atoms with E-state index in [0.29, 0.717) is 6.54 Å². The van der Waals surface area contributed by atoms with E-state index >= 15 is 0 Å². The van der Waals surface area contributed by atoms with Gasteiger partial charge in [-0.05, 0) is 48.5 Å². The van der Waals surface area contributed by atoms with Crippen molar-refractivity contribution in [3.63, 3.8) is 0 Å². The van der Waals surface area contributed by atoms with E-state index in [9.17, 15) is 4.79 Å². The largest absolute Gasteiger partial charge is 0.497 e. The van der Waals surface area contributed by atoms with Gasteiger partial charge in [-0.2, -0.15) is 0 Å². The van der Waals surface area contributed by atoms with Crippen molar-refractivity contribution in [3.8, 4) is 11.5 Å². The number of methoxy groups -OCH3 is 2. The van der Waals surface area contributed by atoms with Crippen molar-refractivity contribution in [1.29, 1.82) is 0 Å². The maximum atomic E-state index is 12.3. The number of amides is 1. The summed E-state index contributed by atoms with van der Waals surface area (Å²) < 4.78 is 10.3. The van der Waals surface area contributed by atoms with Crippen molar-refractivity contribution >= 4 is 17.3 Å². The minimum absolute atomic E-state index is 0.0119. The lowest BCUT2D eigenvalue weighted by molar-refractivity contribution is -0.129. The molecule has 1 amide bonds. The topological polar surface area (TPSA) is 50.8 Å². The lowest BCUT2D eigenvalue weighted by atomic mass is 9.88.